The molecule has 1 saturated heterocycles. The molecule has 1 aliphatic heterocycles. The van der Waals surface area contributed by atoms with Gasteiger partial charge in [-0.3, -0.25) is 4.79 Å². The first-order valence-electron chi connectivity index (χ1n) is 6.96. The average molecular weight is 311 g/mol. The van der Waals surface area contributed by atoms with Gasteiger partial charge in [-0.2, -0.15) is 4.31 Å². The molecule has 0 spiro atoms. The lowest BCUT2D eigenvalue weighted by atomic mass is 10.1. The number of hydrogen-bond donors (Lipinski definition) is 2. The van der Waals surface area contributed by atoms with Gasteiger partial charge in [0.1, 0.15) is 6.04 Å². The van der Waals surface area contributed by atoms with Gasteiger partial charge in [0, 0.05) is 18.8 Å². The Morgan fingerprint density at radius 2 is 2.05 bits per heavy atom. The molecule has 1 aromatic rings. The summed E-state index contributed by atoms with van der Waals surface area (Å²) >= 11 is 0. The highest BCUT2D eigenvalue weighted by atomic mass is 32.2. The molecule has 116 valence electrons. The molecule has 1 aliphatic rings. The third-order valence-electron chi connectivity index (χ3n) is 3.88. The Labute approximate surface area is 125 Å². The number of nitrogens with zero attached hydrogens (tertiary/aromatic N) is 1. The lowest BCUT2D eigenvalue weighted by Gasteiger charge is -2.34. The topological polar surface area (TPSA) is 92.5 Å². The summed E-state index contributed by atoms with van der Waals surface area (Å²) in [4.78, 5) is 12.1. The first-order chi connectivity index (χ1) is 9.80. The maximum absolute atomic E-state index is 13.0. The number of nitrogen functional groups attached to an aromatic ring is 1. The van der Waals surface area contributed by atoms with E-state index in [1.807, 2.05) is 0 Å². The molecule has 0 saturated carbocycles. The minimum atomic E-state index is -3.75. The van der Waals surface area contributed by atoms with Crippen LogP contribution in [0.2, 0.25) is 0 Å². The van der Waals surface area contributed by atoms with Crippen molar-refractivity contribution in [3.8, 4) is 0 Å². The lowest BCUT2D eigenvalue weighted by Crippen LogP contribution is -2.56. The number of nitrogens with one attached hydrogen (secondary N) is 1. The van der Waals surface area contributed by atoms with Crippen molar-refractivity contribution in [3.63, 3.8) is 0 Å². The predicted molar refractivity (Wildman–Crippen MR) is 81.3 cm³/mol. The van der Waals surface area contributed by atoms with Crippen LogP contribution in [0.4, 0.5) is 5.69 Å². The number of sulfonamides is 1. The Balaban J connectivity index is 2.57. The lowest BCUT2D eigenvalue weighted by molar-refractivity contribution is -0.126. The molecule has 6 nitrogen and oxygen atoms in total. The van der Waals surface area contributed by atoms with Gasteiger partial charge in [-0.15, -0.1) is 0 Å². The molecular formula is C14H21N3O3S. The highest BCUT2D eigenvalue weighted by Gasteiger charge is 2.38. The van der Waals surface area contributed by atoms with Gasteiger partial charge in [0.25, 0.3) is 0 Å². The van der Waals surface area contributed by atoms with Crippen molar-refractivity contribution >= 4 is 21.6 Å². The number of hydrogen-bond acceptors (Lipinski definition) is 4. The summed E-state index contributed by atoms with van der Waals surface area (Å²) in [5, 5.41) is 2.71. The van der Waals surface area contributed by atoms with E-state index in [0.717, 1.165) is 0 Å². The third-order valence-corrected chi connectivity index (χ3v) is 6.08. The van der Waals surface area contributed by atoms with E-state index in [2.05, 4.69) is 5.32 Å². The molecule has 0 radical (unpaired) electrons. The Kier molecular flexibility index (Phi) is 4.25. The molecule has 0 bridgehead atoms. The highest BCUT2D eigenvalue weighted by Crippen LogP contribution is 2.29. The summed E-state index contributed by atoms with van der Waals surface area (Å²) in [5.41, 5.74) is 7.47. The van der Waals surface area contributed by atoms with E-state index in [9.17, 15) is 13.2 Å². The molecular weight excluding hydrogens is 290 g/mol. The molecule has 0 aliphatic carbocycles. The molecule has 1 fully saturated rings. The van der Waals surface area contributed by atoms with Crippen LogP contribution in [-0.2, 0) is 14.8 Å². The number of rotatable bonds is 3. The van der Waals surface area contributed by atoms with Crippen LogP contribution >= 0.6 is 0 Å². The third kappa shape index (κ3) is 2.63. The predicted octanol–water partition coefficient (Wildman–Crippen LogP) is 0.785. The van der Waals surface area contributed by atoms with Crippen molar-refractivity contribution in [1.29, 1.82) is 0 Å². The second-order valence-corrected chi connectivity index (χ2v) is 7.08. The Morgan fingerprint density at radius 1 is 1.38 bits per heavy atom. The van der Waals surface area contributed by atoms with E-state index >= 15 is 0 Å². The zero-order valence-corrected chi connectivity index (χ0v) is 13.3. The van der Waals surface area contributed by atoms with Crippen molar-refractivity contribution in [3.05, 3.63) is 23.3 Å². The maximum Gasteiger partial charge on any atom is 0.244 e. The molecule has 21 heavy (non-hydrogen) atoms. The SMILES string of the molecule is CCC1C(=O)NCCN1S(=O)(=O)c1c(C)ccc(N)c1C. The second kappa shape index (κ2) is 5.65. The van der Waals surface area contributed by atoms with Crippen LogP contribution in [0.15, 0.2) is 17.0 Å². The maximum atomic E-state index is 13.0. The van der Waals surface area contributed by atoms with Crippen molar-refractivity contribution in [2.45, 2.75) is 38.1 Å². The normalized spacial score (nSPS) is 20.3. The van der Waals surface area contributed by atoms with Gasteiger partial charge in [0.05, 0.1) is 4.90 Å². The largest absolute Gasteiger partial charge is 0.398 e. The number of piperazine rings is 1. The Hall–Kier alpha value is -1.60. The number of anilines is 1. The minimum Gasteiger partial charge on any atom is -0.398 e. The molecule has 1 aromatic carbocycles. The minimum absolute atomic E-state index is 0.218. The number of aryl methyl sites for hydroxylation is 1. The fourth-order valence-corrected chi connectivity index (χ4v) is 4.85. The second-order valence-electron chi connectivity index (χ2n) is 5.26. The van der Waals surface area contributed by atoms with Gasteiger partial charge in [-0.1, -0.05) is 13.0 Å². The molecule has 2 rings (SSSR count). The number of carbonyl (C=O) groups excluding carboxylic acids is 1. The van der Waals surface area contributed by atoms with Gasteiger partial charge in [0.2, 0.25) is 15.9 Å². The van der Waals surface area contributed by atoms with Crippen LogP contribution in [0.5, 0.6) is 0 Å². The monoisotopic (exact) mass is 311 g/mol. The summed E-state index contributed by atoms with van der Waals surface area (Å²) in [6, 6.07) is 2.73. The number of amides is 1. The van der Waals surface area contributed by atoms with E-state index in [0.29, 0.717) is 29.8 Å². The fraction of sp³-hybridized carbons (Fsp3) is 0.500. The van der Waals surface area contributed by atoms with Gasteiger partial charge < -0.3 is 11.1 Å². The standard InChI is InChI=1S/C14H21N3O3S/c1-4-12-14(18)16-7-8-17(12)21(19,20)13-9(2)5-6-11(15)10(13)3/h5-6,12H,4,7-8,15H2,1-3H3,(H,16,18). The number of carbonyl (C=O) groups is 1. The van der Waals surface area contributed by atoms with Crippen molar-refractivity contribution < 1.29 is 13.2 Å². The van der Waals surface area contributed by atoms with E-state index in [-0.39, 0.29) is 17.3 Å². The Bertz CT molecular complexity index is 670. The van der Waals surface area contributed by atoms with Crippen LogP contribution < -0.4 is 11.1 Å². The highest BCUT2D eigenvalue weighted by molar-refractivity contribution is 7.89. The summed E-state index contributed by atoms with van der Waals surface area (Å²) in [6.45, 7) is 5.84. The fourth-order valence-electron chi connectivity index (χ4n) is 2.73. The average Bonchev–Trinajstić information content (AvgIpc) is 2.43. The molecule has 7 heteroatoms. The summed E-state index contributed by atoms with van der Waals surface area (Å²) in [5.74, 6) is -0.244. The first-order valence-corrected chi connectivity index (χ1v) is 8.40. The van der Waals surface area contributed by atoms with Crippen molar-refractivity contribution in [2.75, 3.05) is 18.8 Å². The zero-order valence-electron chi connectivity index (χ0n) is 12.5. The van der Waals surface area contributed by atoms with Crippen LogP contribution in [0.25, 0.3) is 0 Å². The molecule has 1 unspecified atom stereocenters. The smallest absolute Gasteiger partial charge is 0.244 e. The van der Waals surface area contributed by atoms with Gasteiger partial charge in [-0.05, 0) is 37.5 Å². The van der Waals surface area contributed by atoms with Crippen LogP contribution in [0.3, 0.4) is 0 Å². The zero-order chi connectivity index (χ0) is 15.8. The quantitative estimate of drug-likeness (QED) is 0.807. The first kappa shape index (κ1) is 15.8. The van der Waals surface area contributed by atoms with Gasteiger partial charge in [0.15, 0.2) is 0 Å². The molecule has 3 N–H and O–H groups in total. The molecule has 1 heterocycles. The summed E-state index contributed by atoms with van der Waals surface area (Å²) < 4.78 is 27.3. The van der Waals surface area contributed by atoms with Crippen LogP contribution in [-0.4, -0.2) is 37.8 Å². The van der Waals surface area contributed by atoms with E-state index < -0.39 is 16.1 Å². The Morgan fingerprint density at radius 3 is 2.67 bits per heavy atom. The number of benzene rings is 1. The van der Waals surface area contributed by atoms with Crippen LogP contribution in [0.1, 0.15) is 24.5 Å². The molecule has 0 aromatic heterocycles. The van der Waals surface area contributed by atoms with Crippen LogP contribution in [0, 0.1) is 13.8 Å². The van der Waals surface area contributed by atoms with E-state index in [1.54, 1.807) is 32.9 Å². The molecule has 1 atom stereocenters. The van der Waals surface area contributed by atoms with Gasteiger partial charge in [-0.25, -0.2) is 8.42 Å². The summed E-state index contributed by atoms with van der Waals surface area (Å²) in [6.07, 6.45) is 0.436. The summed E-state index contributed by atoms with van der Waals surface area (Å²) in [7, 11) is -3.75. The van der Waals surface area contributed by atoms with Crippen molar-refractivity contribution in [2.24, 2.45) is 0 Å². The van der Waals surface area contributed by atoms with E-state index in [1.165, 1.54) is 4.31 Å². The van der Waals surface area contributed by atoms with Crippen molar-refractivity contribution in [1.82, 2.24) is 9.62 Å². The van der Waals surface area contributed by atoms with E-state index in [4.69, 9.17) is 5.73 Å². The number of nitrogens with two attached hydrogens (primary N) is 1. The van der Waals surface area contributed by atoms with Gasteiger partial charge >= 0.3 is 0 Å². The molecule has 1 amide bonds.